The Kier molecular flexibility index (Phi) is 12.6. The molecule has 1 aromatic carbocycles. The minimum atomic E-state index is -1.17. The van der Waals surface area contributed by atoms with Crippen LogP contribution in [-0.2, 0) is 25.6 Å². The van der Waals surface area contributed by atoms with Crippen LogP contribution in [0.4, 0.5) is 0 Å². The van der Waals surface area contributed by atoms with E-state index in [4.69, 9.17) is 11.5 Å². The van der Waals surface area contributed by atoms with E-state index in [1.165, 1.54) is 12.1 Å². The van der Waals surface area contributed by atoms with E-state index in [-0.39, 0.29) is 24.5 Å². The highest BCUT2D eigenvalue weighted by Crippen LogP contribution is 2.12. The van der Waals surface area contributed by atoms with E-state index in [1.807, 2.05) is 13.8 Å². The standard InChI is InChI=1S/C23H37N5O6/c1-14(2)11-17(25)21(31)28-19(12-15-6-8-16(29)9-7-15)22(32)26-13-20(30)27-18(23(33)34)5-3-4-10-24/h6-9,14,17-19,29H,3-5,10-13,24-25H2,1-2H3,(H,26,32)(H,27,30)(H,28,31)(H,33,34). The molecular weight excluding hydrogens is 442 g/mol. The van der Waals surface area contributed by atoms with Crippen LogP contribution in [0.3, 0.4) is 0 Å². The Morgan fingerprint density at radius 1 is 0.971 bits per heavy atom. The summed E-state index contributed by atoms with van der Waals surface area (Å²) in [5, 5.41) is 26.2. The molecule has 11 nitrogen and oxygen atoms in total. The van der Waals surface area contributed by atoms with Crippen molar-refractivity contribution in [3.8, 4) is 5.75 Å². The number of hydrogen-bond acceptors (Lipinski definition) is 7. The Labute approximate surface area is 199 Å². The van der Waals surface area contributed by atoms with Crippen LogP contribution in [-0.4, -0.2) is 65.1 Å². The highest BCUT2D eigenvalue weighted by molar-refractivity contribution is 5.92. The maximum Gasteiger partial charge on any atom is 0.326 e. The van der Waals surface area contributed by atoms with E-state index in [9.17, 15) is 29.4 Å². The van der Waals surface area contributed by atoms with E-state index >= 15 is 0 Å². The Bertz CT molecular complexity index is 815. The molecule has 1 rings (SSSR count). The molecule has 34 heavy (non-hydrogen) atoms. The van der Waals surface area contributed by atoms with E-state index in [0.717, 1.165) is 0 Å². The van der Waals surface area contributed by atoms with Gasteiger partial charge in [0.2, 0.25) is 17.7 Å². The number of nitrogens with one attached hydrogen (secondary N) is 3. The molecule has 1 aromatic rings. The number of carboxylic acids is 1. The topological polar surface area (TPSA) is 197 Å². The quantitative estimate of drug-likeness (QED) is 0.165. The number of carboxylic acid groups (broad SMARTS) is 1. The monoisotopic (exact) mass is 479 g/mol. The highest BCUT2D eigenvalue weighted by atomic mass is 16.4. The molecule has 3 atom stereocenters. The lowest BCUT2D eigenvalue weighted by Crippen LogP contribution is -2.54. The first-order valence-corrected chi connectivity index (χ1v) is 11.4. The second kappa shape index (κ2) is 14.9. The Balaban J connectivity index is 2.79. The molecule has 0 saturated heterocycles. The molecule has 3 unspecified atom stereocenters. The van der Waals surface area contributed by atoms with Crippen molar-refractivity contribution in [2.45, 2.75) is 64.1 Å². The number of carbonyl (C=O) groups excluding carboxylic acids is 3. The summed E-state index contributed by atoms with van der Waals surface area (Å²) in [4.78, 5) is 48.9. The number of rotatable bonds is 15. The molecule has 0 fully saturated rings. The van der Waals surface area contributed by atoms with Crippen LogP contribution in [0.5, 0.6) is 5.75 Å². The molecule has 9 N–H and O–H groups in total. The lowest BCUT2D eigenvalue weighted by atomic mass is 10.0. The molecule has 0 heterocycles. The van der Waals surface area contributed by atoms with Crippen LogP contribution < -0.4 is 27.4 Å². The number of benzene rings is 1. The van der Waals surface area contributed by atoms with Crippen molar-refractivity contribution in [3.63, 3.8) is 0 Å². The molecule has 0 bridgehead atoms. The second-order valence-electron chi connectivity index (χ2n) is 8.63. The molecule has 0 radical (unpaired) electrons. The number of unbranched alkanes of at least 4 members (excludes halogenated alkanes) is 1. The number of nitrogens with two attached hydrogens (primary N) is 2. The van der Waals surface area contributed by atoms with Crippen LogP contribution >= 0.6 is 0 Å². The van der Waals surface area contributed by atoms with Crippen LogP contribution in [0.1, 0.15) is 45.1 Å². The molecule has 3 amide bonds. The Morgan fingerprint density at radius 2 is 1.62 bits per heavy atom. The SMILES string of the molecule is CC(C)CC(N)C(=O)NC(Cc1ccc(O)cc1)C(=O)NCC(=O)NC(CCCCN)C(=O)O. The number of carbonyl (C=O) groups is 4. The van der Waals surface area contributed by atoms with Gasteiger partial charge in [-0.1, -0.05) is 26.0 Å². The van der Waals surface area contributed by atoms with Gasteiger partial charge in [-0.15, -0.1) is 0 Å². The van der Waals surface area contributed by atoms with Gasteiger partial charge >= 0.3 is 5.97 Å². The van der Waals surface area contributed by atoms with Gasteiger partial charge in [0.15, 0.2) is 0 Å². The summed E-state index contributed by atoms with van der Waals surface area (Å²) in [6.07, 6.45) is 1.93. The van der Waals surface area contributed by atoms with E-state index in [1.54, 1.807) is 12.1 Å². The number of phenols is 1. The van der Waals surface area contributed by atoms with Crippen molar-refractivity contribution in [3.05, 3.63) is 29.8 Å². The number of amides is 3. The zero-order chi connectivity index (χ0) is 25.7. The largest absolute Gasteiger partial charge is 0.508 e. The van der Waals surface area contributed by atoms with Crippen LogP contribution in [0.2, 0.25) is 0 Å². The zero-order valence-electron chi connectivity index (χ0n) is 19.8. The van der Waals surface area contributed by atoms with Gasteiger partial charge in [-0.05, 0) is 55.8 Å². The van der Waals surface area contributed by atoms with Crippen LogP contribution in [0, 0.1) is 5.92 Å². The predicted octanol–water partition coefficient (Wildman–Crippen LogP) is -0.392. The van der Waals surface area contributed by atoms with Crippen LogP contribution in [0.15, 0.2) is 24.3 Å². The van der Waals surface area contributed by atoms with Gasteiger partial charge in [-0.25, -0.2) is 4.79 Å². The first-order valence-electron chi connectivity index (χ1n) is 11.4. The fourth-order valence-electron chi connectivity index (χ4n) is 3.26. The summed E-state index contributed by atoms with van der Waals surface area (Å²) in [6.45, 7) is 3.81. The maximum atomic E-state index is 12.8. The first-order chi connectivity index (χ1) is 16.0. The van der Waals surface area contributed by atoms with E-state index < -0.39 is 48.4 Å². The van der Waals surface area contributed by atoms with Gasteiger partial charge in [0, 0.05) is 6.42 Å². The molecule has 190 valence electrons. The van der Waals surface area contributed by atoms with Crippen molar-refractivity contribution >= 4 is 23.7 Å². The smallest absolute Gasteiger partial charge is 0.326 e. The van der Waals surface area contributed by atoms with Crippen LogP contribution in [0.25, 0.3) is 0 Å². The molecule has 0 aromatic heterocycles. The zero-order valence-corrected chi connectivity index (χ0v) is 19.8. The highest BCUT2D eigenvalue weighted by Gasteiger charge is 2.26. The summed E-state index contributed by atoms with van der Waals surface area (Å²) in [6, 6.07) is 3.23. The summed E-state index contributed by atoms with van der Waals surface area (Å²) < 4.78 is 0. The fourth-order valence-corrected chi connectivity index (χ4v) is 3.26. The van der Waals surface area contributed by atoms with Crippen molar-refractivity contribution in [1.29, 1.82) is 0 Å². The summed E-state index contributed by atoms with van der Waals surface area (Å²) in [5.41, 5.74) is 12.0. The van der Waals surface area contributed by atoms with Crippen molar-refractivity contribution in [2.75, 3.05) is 13.1 Å². The lowest BCUT2D eigenvalue weighted by Gasteiger charge is -2.22. The third-order valence-corrected chi connectivity index (χ3v) is 5.07. The molecule has 0 spiro atoms. The van der Waals surface area contributed by atoms with Crippen molar-refractivity contribution in [1.82, 2.24) is 16.0 Å². The summed E-state index contributed by atoms with van der Waals surface area (Å²) in [5.74, 6) is -2.72. The normalized spacial score (nSPS) is 13.6. The number of aromatic hydroxyl groups is 1. The molecule has 0 saturated carbocycles. The number of phenolic OH excluding ortho intramolecular Hbond substituents is 1. The second-order valence-corrected chi connectivity index (χ2v) is 8.63. The molecule has 0 aliphatic rings. The molecular formula is C23H37N5O6. The first kappa shape index (κ1) is 28.9. The minimum Gasteiger partial charge on any atom is -0.508 e. The lowest BCUT2D eigenvalue weighted by molar-refractivity contribution is -0.142. The third kappa shape index (κ3) is 11.1. The minimum absolute atomic E-state index is 0.0591. The van der Waals surface area contributed by atoms with Gasteiger partial charge < -0.3 is 37.6 Å². The number of aliphatic carboxylic acids is 1. The third-order valence-electron chi connectivity index (χ3n) is 5.07. The Hall–Kier alpha value is -3.18. The van der Waals surface area contributed by atoms with Crippen molar-refractivity contribution < 1.29 is 29.4 Å². The average Bonchev–Trinajstić information content (AvgIpc) is 2.77. The van der Waals surface area contributed by atoms with E-state index in [2.05, 4.69) is 16.0 Å². The van der Waals surface area contributed by atoms with Gasteiger partial charge in [0.05, 0.1) is 12.6 Å². The Morgan fingerprint density at radius 3 is 2.18 bits per heavy atom. The summed E-state index contributed by atoms with van der Waals surface area (Å²) >= 11 is 0. The molecule has 11 heteroatoms. The van der Waals surface area contributed by atoms with Gasteiger partial charge in [-0.3, -0.25) is 14.4 Å². The predicted molar refractivity (Wildman–Crippen MR) is 127 cm³/mol. The molecule has 0 aliphatic heterocycles. The van der Waals surface area contributed by atoms with Gasteiger partial charge in [0.25, 0.3) is 0 Å². The van der Waals surface area contributed by atoms with E-state index in [0.29, 0.717) is 31.4 Å². The maximum absolute atomic E-state index is 12.8. The average molecular weight is 480 g/mol. The fraction of sp³-hybridized carbons (Fsp3) is 0.565. The summed E-state index contributed by atoms with van der Waals surface area (Å²) in [7, 11) is 0. The van der Waals surface area contributed by atoms with Gasteiger partial charge in [-0.2, -0.15) is 0 Å². The number of hydrogen-bond donors (Lipinski definition) is 7. The molecule has 0 aliphatic carbocycles. The van der Waals surface area contributed by atoms with Crippen molar-refractivity contribution in [2.24, 2.45) is 17.4 Å². The van der Waals surface area contributed by atoms with Gasteiger partial charge in [0.1, 0.15) is 17.8 Å².